The maximum atomic E-state index is 13.5. The number of thiophene rings is 1. The Kier molecular flexibility index (Phi) is 8.39. The topological polar surface area (TPSA) is 77.6 Å². The molecule has 0 saturated heterocycles. The number of para-hydroxylation sites is 1. The van der Waals surface area contributed by atoms with Gasteiger partial charge in [-0.2, -0.15) is 13.2 Å². The molecule has 0 spiro atoms. The van der Waals surface area contributed by atoms with Crippen LogP contribution in [0.4, 0.5) is 13.2 Å². The number of benzene rings is 5. The van der Waals surface area contributed by atoms with E-state index < -0.39 is 11.7 Å². The van der Waals surface area contributed by atoms with Crippen molar-refractivity contribution in [2.45, 2.75) is 13.1 Å². The van der Waals surface area contributed by atoms with E-state index in [9.17, 15) is 13.2 Å². The molecule has 266 valence electrons. The Balaban J connectivity index is 1.27. The fourth-order valence-electron chi connectivity index (χ4n) is 6.63. The van der Waals surface area contributed by atoms with Crippen LogP contribution in [0.1, 0.15) is 12.5 Å². The molecule has 0 aliphatic heterocycles. The molecular weight excluding hydrogens is 716 g/mol. The number of fused-ring (bicyclic) bond motifs is 4. The highest BCUT2D eigenvalue weighted by atomic mass is 32.1. The Morgan fingerprint density at radius 2 is 1.25 bits per heavy atom. The molecule has 0 N–H and O–H groups in total. The van der Waals surface area contributed by atoms with Crippen molar-refractivity contribution >= 4 is 56.1 Å². The van der Waals surface area contributed by atoms with E-state index in [0.717, 1.165) is 48.8 Å². The minimum absolute atomic E-state index is 0.353. The van der Waals surface area contributed by atoms with Crippen LogP contribution in [0.25, 0.3) is 102 Å². The third-order valence-corrected chi connectivity index (χ3v) is 10.5. The van der Waals surface area contributed by atoms with Crippen LogP contribution < -0.4 is 9.75 Å². The lowest BCUT2D eigenvalue weighted by Gasteiger charge is -2.10. The predicted octanol–water partition coefficient (Wildman–Crippen LogP) is 10.9. The largest absolute Gasteiger partial charge is 0.455 e. The van der Waals surface area contributed by atoms with E-state index in [1.54, 1.807) is 0 Å². The predicted molar refractivity (Wildman–Crippen MR) is 214 cm³/mol. The summed E-state index contributed by atoms with van der Waals surface area (Å²) < 4.78 is 48.8. The second-order valence-electron chi connectivity index (χ2n) is 12.8. The summed E-state index contributed by atoms with van der Waals surface area (Å²) in [6.45, 7) is 6.26. The fourth-order valence-corrected chi connectivity index (χ4v) is 7.74. The molecule has 6 nitrogen and oxygen atoms in total. The van der Waals surface area contributed by atoms with Crippen molar-refractivity contribution in [1.82, 2.24) is 24.9 Å². The Morgan fingerprint density at radius 3 is 1.91 bits per heavy atom. The number of nitrogens with zero attached hydrogens (tertiary/aromatic N) is 5. The fraction of sp³-hybridized carbons (Fsp3) is 0.0444. The van der Waals surface area contributed by atoms with E-state index in [4.69, 9.17) is 29.3 Å². The van der Waals surface area contributed by atoms with Crippen LogP contribution >= 0.6 is 11.3 Å². The van der Waals surface area contributed by atoms with Crippen molar-refractivity contribution in [3.8, 4) is 56.8 Å². The molecule has 0 aliphatic carbocycles. The Labute approximate surface area is 316 Å². The van der Waals surface area contributed by atoms with Crippen LogP contribution in [-0.4, -0.2) is 24.9 Å². The molecule has 0 amide bonds. The highest BCUT2D eigenvalue weighted by molar-refractivity contribution is 7.17. The molecule has 4 aromatic heterocycles. The van der Waals surface area contributed by atoms with Gasteiger partial charge < -0.3 is 4.42 Å². The molecule has 9 rings (SSSR count). The minimum atomic E-state index is -4.47. The van der Waals surface area contributed by atoms with E-state index in [1.807, 2.05) is 122 Å². The summed E-state index contributed by atoms with van der Waals surface area (Å²) in [4.78, 5) is 24.9. The van der Waals surface area contributed by atoms with E-state index in [0.29, 0.717) is 62.0 Å². The van der Waals surface area contributed by atoms with Crippen LogP contribution in [0.15, 0.2) is 138 Å². The number of rotatable bonds is 6. The summed E-state index contributed by atoms with van der Waals surface area (Å²) in [6, 6.07) is 36.1. The van der Waals surface area contributed by atoms with E-state index in [1.165, 1.54) is 23.5 Å². The zero-order valence-corrected chi connectivity index (χ0v) is 30.0. The van der Waals surface area contributed by atoms with Gasteiger partial charge in [-0.15, -0.1) is 11.3 Å². The molecule has 0 bridgehead atoms. The molecule has 0 unspecified atom stereocenters. The minimum Gasteiger partial charge on any atom is -0.455 e. The third kappa shape index (κ3) is 6.16. The first-order chi connectivity index (χ1) is 26.8. The quantitative estimate of drug-likeness (QED) is 0.169. The molecule has 10 heteroatoms. The summed E-state index contributed by atoms with van der Waals surface area (Å²) in [5.41, 5.74) is 5.16. The van der Waals surface area contributed by atoms with Gasteiger partial charge in [0.05, 0.1) is 27.0 Å². The van der Waals surface area contributed by atoms with Gasteiger partial charge in [-0.1, -0.05) is 116 Å². The Morgan fingerprint density at radius 1 is 0.636 bits per heavy atom. The van der Waals surface area contributed by atoms with Gasteiger partial charge in [-0.05, 0) is 37.3 Å². The zero-order chi connectivity index (χ0) is 37.7. The van der Waals surface area contributed by atoms with Crippen molar-refractivity contribution in [2.75, 3.05) is 0 Å². The van der Waals surface area contributed by atoms with E-state index in [-0.39, 0.29) is 0 Å². The molecule has 9 aromatic rings. The van der Waals surface area contributed by atoms with Gasteiger partial charge in [0.1, 0.15) is 11.2 Å². The number of aromatic nitrogens is 5. The van der Waals surface area contributed by atoms with Crippen LogP contribution in [0.2, 0.25) is 0 Å². The first-order valence-corrected chi connectivity index (χ1v) is 18.2. The molecule has 0 radical (unpaired) electrons. The number of furan rings is 1. The van der Waals surface area contributed by atoms with Crippen LogP contribution in [0, 0.1) is 0 Å². The second-order valence-corrected chi connectivity index (χ2v) is 13.8. The molecule has 0 atom stereocenters. The summed E-state index contributed by atoms with van der Waals surface area (Å²) in [5.74, 6) is 1.92. The second kappa shape index (κ2) is 13.6. The normalized spacial score (nSPS) is 12.5. The smallest absolute Gasteiger partial charge is 0.416 e. The molecule has 0 saturated carbocycles. The van der Waals surface area contributed by atoms with Crippen molar-refractivity contribution < 1.29 is 17.6 Å². The first kappa shape index (κ1) is 34.0. The summed E-state index contributed by atoms with van der Waals surface area (Å²) in [5, 5.41) is 2.31. The van der Waals surface area contributed by atoms with Crippen LogP contribution in [0.3, 0.4) is 0 Å². The highest BCUT2D eigenvalue weighted by Gasteiger charge is 2.30. The van der Waals surface area contributed by atoms with Crippen molar-refractivity contribution in [2.24, 2.45) is 0 Å². The van der Waals surface area contributed by atoms with Gasteiger partial charge in [-0.25, -0.2) is 24.9 Å². The molecule has 4 heterocycles. The average Bonchev–Trinajstić information content (AvgIpc) is 3.77. The standard InChI is InChI=1S/C45H28F3N5OS/c1-3-4-21-35-26(2)37-40(55-35)38(27-22-24-30(25-23-27)45(46,47)48)50-44(49-37)33-19-11-17-31-36-32(18-12-20-34(36)54-39(31)33)43-52-41(28-13-7-5-8-14-28)51-42(53-43)29-15-9-6-10-16-29/h3-25H,2H2,1H3/b4-3-,35-21+. The van der Waals surface area contributed by atoms with E-state index >= 15 is 0 Å². The van der Waals surface area contributed by atoms with Gasteiger partial charge in [0, 0.05) is 42.8 Å². The molecule has 55 heavy (non-hydrogen) atoms. The Bertz CT molecular complexity index is 2990. The summed E-state index contributed by atoms with van der Waals surface area (Å²) >= 11 is 1.45. The number of alkyl halides is 3. The highest BCUT2D eigenvalue weighted by Crippen LogP contribution is 2.41. The molecule has 0 aliphatic rings. The lowest BCUT2D eigenvalue weighted by atomic mass is 10.0. The maximum Gasteiger partial charge on any atom is 0.416 e. The van der Waals surface area contributed by atoms with Gasteiger partial charge in [0.25, 0.3) is 0 Å². The lowest BCUT2D eigenvalue weighted by molar-refractivity contribution is -0.137. The van der Waals surface area contributed by atoms with Gasteiger partial charge in [0.15, 0.2) is 23.3 Å². The van der Waals surface area contributed by atoms with Gasteiger partial charge in [0.2, 0.25) is 0 Å². The number of allylic oxidation sites excluding steroid dienone is 2. The molecular formula is C45H28F3N5OS. The third-order valence-electron chi connectivity index (χ3n) is 9.29. The maximum absolute atomic E-state index is 13.5. The molecule has 5 aromatic carbocycles. The summed E-state index contributed by atoms with van der Waals surface area (Å²) in [6.07, 6.45) is 1.30. The van der Waals surface area contributed by atoms with Crippen molar-refractivity contribution in [1.29, 1.82) is 0 Å². The number of hydrogen-bond acceptors (Lipinski definition) is 7. The molecule has 0 fully saturated rings. The summed E-state index contributed by atoms with van der Waals surface area (Å²) in [7, 11) is 0. The average molecular weight is 744 g/mol. The van der Waals surface area contributed by atoms with Crippen molar-refractivity contribution in [3.05, 3.63) is 149 Å². The van der Waals surface area contributed by atoms with Gasteiger partial charge in [-0.3, -0.25) is 0 Å². The number of hydrogen-bond donors (Lipinski definition) is 0. The lowest BCUT2D eigenvalue weighted by Crippen LogP contribution is -2.16. The first-order valence-electron chi connectivity index (χ1n) is 17.4. The SMILES string of the molecule is C=c1/c(=C\C=C/C)sc2c(-c3ccc(C(F)(F)F)cc3)nc(-c3cccc4c3oc3cccc(-c5nc(-c6ccccc6)nc(-c6ccccc6)n5)c34)nc12. The Hall–Kier alpha value is -6.78. The monoisotopic (exact) mass is 743 g/mol. The zero-order valence-electron chi connectivity index (χ0n) is 29.2. The van der Waals surface area contributed by atoms with Crippen LogP contribution in [-0.2, 0) is 6.18 Å². The van der Waals surface area contributed by atoms with Crippen LogP contribution in [0.5, 0.6) is 0 Å². The van der Waals surface area contributed by atoms with Crippen molar-refractivity contribution in [3.63, 3.8) is 0 Å². The van der Waals surface area contributed by atoms with Gasteiger partial charge >= 0.3 is 6.18 Å². The number of halogens is 3. The van der Waals surface area contributed by atoms with E-state index in [2.05, 4.69) is 6.58 Å².